The van der Waals surface area contributed by atoms with Gasteiger partial charge in [-0.25, -0.2) is 9.29 Å². The van der Waals surface area contributed by atoms with Crippen LogP contribution in [-0.2, 0) is 0 Å². The van der Waals surface area contributed by atoms with Gasteiger partial charge in [0.25, 0.3) is 0 Å². The van der Waals surface area contributed by atoms with Crippen molar-refractivity contribution in [3.63, 3.8) is 0 Å². The van der Waals surface area contributed by atoms with Crippen LogP contribution in [0.3, 0.4) is 0 Å². The van der Waals surface area contributed by atoms with E-state index in [1.54, 1.807) is 0 Å². The highest BCUT2D eigenvalue weighted by molar-refractivity contribution is 9.10. The average Bonchev–Trinajstić information content (AvgIpc) is 2.57. The molecule has 1 aromatic heterocycles. The summed E-state index contributed by atoms with van der Waals surface area (Å²) in [5.74, 6) is 6.29. The fourth-order valence-electron chi connectivity index (χ4n) is 2.51. The molecule has 1 fully saturated rings. The van der Waals surface area contributed by atoms with Gasteiger partial charge in [0.15, 0.2) is 0 Å². The van der Waals surface area contributed by atoms with Gasteiger partial charge < -0.3 is 0 Å². The summed E-state index contributed by atoms with van der Waals surface area (Å²) in [5.41, 5.74) is 3.28. The number of hydrogen-bond donors (Lipinski definition) is 0. The topological polar surface area (TPSA) is 16.1 Å². The van der Waals surface area contributed by atoms with E-state index in [2.05, 4.69) is 67.4 Å². The molecule has 3 rings (SSSR count). The van der Waals surface area contributed by atoms with E-state index in [1.165, 1.54) is 10.5 Å². The first kappa shape index (κ1) is 17.3. The summed E-state index contributed by atoms with van der Waals surface area (Å²) < 4.78 is 3.55. The van der Waals surface area contributed by atoms with Gasteiger partial charge in [-0.05, 0) is 74.0 Å². The maximum atomic E-state index is 4.40. The fraction of sp³-hybridized carbons (Fsp3) is 0.250. The fourth-order valence-corrected chi connectivity index (χ4v) is 4.04. The summed E-state index contributed by atoms with van der Waals surface area (Å²) in [5, 5.41) is 0. The monoisotopic (exact) mass is 398 g/mol. The molecule has 4 heteroatoms. The number of nitrogens with zero attached hydrogens (tertiary/aromatic N) is 2. The number of rotatable bonds is 2. The first-order valence-corrected chi connectivity index (χ1v) is 9.57. The van der Waals surface area contributed by atoms with Gasteiger partial charge in [0.05, 0.1) is 0 Å². The van der Waals surface area contributed by atoms with Crippen molar-refractivity contribution in [2.45, 2.75) is 24.7 Å². The third kappa shape index (κ3) is 5.24. The molecule has 0 unspecified atom stereocenters. The highest BCUT2D eigenvalue weighted by Crippen LogP contribution is 2.29. The number of allylic oxidation sites excluding steroid dienone is 1. The molecular formula is C20H19BrN2S. The van der Waals surface area contributed by atoms with Crippen LogP contribution in [0.1, 0.15) is 24.2 Å². The van der Waals surface area contributed by atoms with Crippen LogP contribution in [0.4, 0.5) is 0 Å². The predicted octanol–water partition coefficient (Wildman–Crippen LogP) is 5.23. The Morgan fingerprint density at radius 3 is 2.71 bits per heavy atom. The smallest absolute Gasteiger partial charge is 0.113 e. The Labute approximate surface area is 156 Å². The molecule has 1 aliphatic heterocycles. The number of pyridine rings is 1. The summed E-state index contributed by atoms with van der Waals surface area (Å²) in [4.78, 5) is 5.68. The lowest BCUT2D eigenvalue weighted by Gasteiger charge is -2.26. The SMILES string of the molecule is Cc1cccc(C#CC=C2CCN(Sc3cccc(Br)c3)CC2)n1. The number of aryl methyl sites for hydroxylation is 1. The number of benzene rings is 1. The van der Waals surface area contributed by atoms with Crippen molar-refractivity contribution in [2.24, 2.45) is 0 Å². The summed E-state index contributed by atoms with van der Waals surface area (Å²) in [6, 6.07) is 14.4. The molecule has 2 nitrogen and oxygen atoms in total. The molecule has 24 heavy (non-hydrogen) atoms. The lowest BCUT2D eigenvalue weighted by molar-refractivity contribution is 0.434. The summed E-state index contributed by atoms with van der Waals surface area (Å²) >= 11 is 5.36. The molecule has 0 atom stereocenters. The van der Waals surface area contributed by atoms with Crippen LogP contribution in [0.5, 0.6) is 0 Å². The minimum absolute atomic E-state index is 0.842. The average molecular weight is 399 g/mol. The minimum atomic E-state index is 0.842. The molecule has 1 aromatic carbocycles. The van der Waals surface area contributed by atoms with Crippen molar-refractivity contribution in [1.82, 2.24) is 9.29 Å². The van der Waals surface area contributed by atoms with Crippen LogP contribution in [-0.4, -0.2) is 22.4 Å². The number of aromatic nitrogens is 1. The molecule has 0 spiro atoms. The van der Waals surface area contributed by atoms with Crippen molar-refractivity contribution >= 4 is 27.9 Å². The first-order chi connectivity index (χ1) is 11.7. The third-order valence-electron chi connectivity index (χ3n) is 3.76. The van der Waals surface area contributed by atoms with E-state index >= 15 is 0 Å². The molecular weight excluding hydrogens is 380 g/mol. The van der Waals surface area contributed by atoms with Crippen LogP contribution < -0.4 is 0 Å². The molecule has 0 N–H and O–H groups in total. The maximum absolute atomic E-state index is 4.40. The highest BCUT2D eigenvalue weighted by Gasteiger charge is 2.14. The summed E-state index contributed by atoms with van der Waals surface area (Å²) in [6.07, 6.45) is 4.24. The molecule has 0 radical (unpaired) electrons. The van der Waals surface area contributed by atoms with Gasteiger partial charge >= 0.3 is 0 Å². The molecule has 0 amide bonds. The van der Waals surface area contributed by atoms with Crippen molar-refractivity contribution in [3.05, 3.63) is 70.0 Å². The normalized spacial score (nSPS) is 14.8. The van der Waals surface area contributed by atoms with Gasteiger partial charge in [-0.2, -0.15) is 0 Å². The lowest BCUT2D eigenvalue weighted by atomic mass is 10.1. The zero-order valence-electron chi connectivity index (χ0n) is 13.6. The summed E-state index contributed by atoms with van der Waals surface area (Å²) in [7, 11) is 0. The number of hydrogen-bond acceptors (Lipinski definition) is 3. The van der Waals surface area contributed by atoms with Gasteiger partial charge in [0.1, 0.15) is 5.69 Å². The Kier molecular flexibility index (Phi) is 6.14. The first-order valence-electron chi connectivity index (χ1n) is 8.01. The van der Waals surface area contributed by atoms with E-state index in [1.807, 2.05) is 37.1 Å². The lowest BCUT2D eigenvalue weighted by Crippen LogP contribution is -2.24. The third-order valence-corrected chi connectivity index (χ3v) is 5.34. The van der Waals surface area contributed by atoms with Crippen LogP contribution in [0.2, 0.25) is 0 Å². The second kappa shape index (κ2) is 8.53. The van der Waals surface area contributed by atoms with Crippen molar-refractivity contribution < 1.29 is 0 Å². The second-order valence-corrected chi connectivity index (χ2v) is 7.80. The van der Waals surface area contributed by atoms with Crippen molar-refractivity contribution in [1.29, 1.82) is 0 Å². The Bertz CT molecular complexity index is 795. The molecule has 2 heterocycles. The molecule has 0 bridgehead atoms. The molecule has 1 saturated heterocycles. The van der Waals surface area contributed by atoms with E-state index < -0.39 is 0 Å². The highest BCUT2D eigenvalue weighted by atomic mass is 79.9. The zero-order valence-corrected chi connectivity index (χ0v) is 16.0. The predicted molar refractivity (Wildman–Crippen MR) is 105 cm³/mol. The standard InChI is InChI=1S/C20H19BrN2S/c1-16-5-2-8-19(22-16)9-3-6-17-11-13-23(14-12-17)24-20-10-4-7-18(21)15-20/h2,4-8,10,15H,11-14H2,1H3. The Hall–Kier alpha value is -1.54. The quantitative estimate of drug-likeness (QED) is 0.508. The van der Waals surface area contributed by atoms with E-state index in [0.29, 0.717) is 0 Å². The molecule has 0 aliphatic carbocycles. The second-order valence-electron chi connectivity index (χ2n) is 5.71. The molecule has 0 saturated carbocycles. The molecule has 122 valence electrons. The van der Waals surface area contributed by atoms with Crippen LogP contribution in [0.15, 0.2) is 63.5 Å². The van der Waals surface area contributed by atoms with E-state index in [0.717, 1.165) is 41.8 Å². The largest absolute Gasteiger partial charge is 0.246 e. The van der Waals surface area contributed by atoms with E-state index in [4.69, 9.17) is 0 Å². The van der Waals surface area contributed by atoms with E-state index in [-0.39, 0.29) is 0 Å². The zero-order chi connectivity index (χ0) is 16.8. The Morgan fingerprint density at radius 2 is 1.96 bits per heavy atom. The van der Waals surface area contributed by atoms with Crippen molar-refractivity contribution in [3.8, 4) is 11.8 Å². The van der Waals surface area contributed by atoms with Crippen LogP contribution in [0.25, 0.3) is 0 Å². The van der Waals surface area contributed by atoms with Crippen molar-refractivity contribution in [2.75, 3.05) is 13.1 Å². The summed E-state index contributed by atoms with van der Waals surface area (Å²) in [6.45, 7) is 4.11. The van der Waals surface area contributed by atoms with Gasteiger partial charge in [0, 0.05) is 28.2 Å². The van der Waals surface area contributed by atoms with Gasteiger partial charge in [-0.3, -0.25) is 0 Å². The van der Waals surface area contributed by atoms with E-state index in [9.17, 15) is 0 Å². The van der Waals surface area contributed by atoms with Gasteiger partial charge in [-0.15, -0.1) is 0 Å². The number of halogens is 1. The minimum Gasteiger partial charge on any atom is -0.246 e. The maximum Gasteiger partial charge on any atom is 0.113 e. The van der Waals surface area contributed by atoms with Crippen LogP contribution >= 0.6 is 27.9 Å². The number of piperidine rings is 1. The van der Waals surface area contributed by atoms with Gasteiger partial charge in [-0.1, -0.05) is 39.6 Å². The Balaban J connectivity index is 1.53. The van der Waals surface area contributed by atoms with Gasteiger partial charge in [0.2, 0.25) is 0 Å². The molecule has 2 aromatic rings. The molecule has 1 aliphatic rings. The Morgan fingerprint density at radius 1 is 1.17 bits per heavy atom. The van der Waals surface area contributed by atoms with Crippen LogP contribution in [0, 0.1) is 18.8 Å².